The lowest BCUT2D eigenvalue weighted by atomic mass is 9.87. The van der Waals surface area contributed by atoms with Crippen LogP contribution in [0.1, 0.15) is 61.9 Å². The molecule has 1 saturated carbocycles. The first-order valence-corrected chi connectivity index (χ1v) is 12.3. The summed E-state index contributed by atoms with van der Waals surface area (Å²) in [7, 11) is 0. The van der Waals surface area contributed by atoms with Crippen molar-refractivity contribution in [3.05, 3.63) is 59.0 Å². The standard InChI is InChI=1S/C26H28ClN5O2/c1-3-18-11-17(12-19(4-2)32(18)26(34)16-7-8-22(27)29-14-16)21-13-23(31-25(33)15-5-6-15)30-24-20(21)9-10-28-24/h7-11,13-15,18-19H,3-6,12H2,1-2H3,(H2,28,30,31,33). The van der Waals surface area contributed by atoms with Crippen LogP contribution >= 0.6 is 11.6 Å². The minimum atomic E-state index is -0.0523. The summed E-state index contributed by atoms with van der Waals surface area (Å²) in [4.78, 5) is 39.7. The predicted octanol–water partition coefficient (Wildman–Crippen LogP) is 5.45. The number of aromatic nitrogens is 3. The highest BCUT2D eigenvalue weighted by Crippen LogP contribution is 2.37. The van der Waals surface area contributed by atoms with Crippen molar-refractivity contribution in [2.75, 3.05) is 5.32 Å². The minimum absolute atomic E-state index is 0.0305. The van der Waals surface area contributed by atoms with Gasteiger partial charge in [-0.1, -0.05) is 31.5 Å². The first-order chi connectivity index (χ1) is 16.5. The van der Waals surface area contributed by atoms with Gasteiger partial charge < -0.3 is 15.2 Å². The molecule has 4 heterocycles. The van der Waals surface area contributed by atoms with E-state index in [1.807, 2.05) is 23.2 Å². The third kappa shape index (κ3) is 4.32. The second-order valence-corrected chi connectivity index (χ2v) is 9.46. The normalized spacial score (nSPS) is 20.3. The molecule has 2 unspecified atom stereocenters. The van der Waals surface area contributed by atoms with Crippen LogP contribution in [0.15, 0.2) is 42.7 Å². The summed E-state index contributed by atoms with van der Waals surface area (Å²) < 4.78 is 0. The quantitative estimate of drug-likeness (QED) is 0.462. The lowest BCUT2D eigenvalue weighted by molar-refractivity contribution is -0.117. The Morgan fingerprint density at radius 1 is 1.21 bits per heavy atom. The smallest absolute Gasteiger partial charge is 0.256 e. The molecular formula is C26H28ClN5O2. The minimum Gasteiger partial charge on any atom is -0.346 e. The zero-order valence-corrected chi connectivity index (χ0v) is 20.1. The van der Waals surface area contributed by atoms with Gasteiger partial charge >= 0.3 is 0 Å². The Morgan fingerprint density at radius 2 is 2.03 bits per heavy atom. The van der Waals surface area contributed by atoms with Gasteiger partial charge in [0.05, 0.1) is 11.6 Å². The van der Waals surface area contributed by atoms with E-state index in [4.69, 9.17) is 11.6 Å². The van der Waals surface area contributed by atoms with Crippen LogP contribution in [0.25, 0.3) is 16.6 Å². The molecule has 1 fully saturated rings. The topological polar surface area (TPSA) is 91.0 Å². The molecule has 7 nitrogen and oxygen atoms in total. The van der Waals surface area contributed by atoms with Gasteiger partial charge in [0, 0.05) is 29.7 Å². The molecule has 1 aliphatic carbocycles. The van der Waals surface area contributed by atoms with Crippen LogP contribution in [-0.2, 0) is 4.79 Å². The number of fused-ring (bicyclic) bond motifs is 1. The van der Waals surface area contributed by atoms with Crippen molar-refractivity contribution in [2.24, 2.45) is 5.92 Å². The van der Waals surface area contributed by atoms with E-state index in [1.165, 1.54) is 5.57 Å². The number of halogens is 1. The van der Waals surface area contributed by atoms with E-state index in [9.17, 15) is 9.59 Å². The molecule has 3 aromatic rings. The van der Waals surface area contributed by atoms with Crippen LogP contribution in [-0.4, -0.2) is 43.7 Å². The Kier molecular flexibility index (Phi) is 6.13. The second-order valence-electron chi connectivity index (χ2n) is 9.07. The monoisotopic (exact) mass is 477 g/mol. The molecule has 0 spiro atoms. The summed E-state index contributed by atoms with van der Waals surface area (Å²) in [6, 6.07) is 7.37. The van der Waals surface area contributed by atoms with Crippen LogP contribution in [0.2, 0.25) is 5.15 Å². The maximum Gasteiger partial charge on any atom is 0.256 e. The average Bonchev–Trinajstić information content (AvgIpc) is 3.60. The van der Waals surface area contributed by atoms with Crippen LogP contribution in [0.3, 0.4) is 0 Å². The van der Waals surface area contributed by atoms with E-state index in [2.05, 4.69) is 40.2 Å². The zero-order valence-electron chi connectivity index (χ0n) is 19.3. The molecule has 2 aliphatic rings. The molecule has 8 heteroatoms. The molecule has 176 valence electrons. The van der Waals surface area contributed by atoms with Crippen LogP contribution in [0, 0.1) is 5.92 Å². The van der Waals surface area contributed by atoms with E-state index in [1.54, 1.807) is 18.3 Å². The maximum absolute atomic E-state index is 13.5. The van der Waals surface area contributed by atoms with Gasteiger partial charge in [0.15, 0.2) is 0 Å². The van der Waals surface area contributed by atoms with Crippen LogP contribution in [0.5, 0.6) is 0 Å². The number of nitrogens with one attached hydrogen (secondary N) is 2. The number of nitrogens with zero attached hydrogens (tertiary/aromatic N) is 3. The maximum atomic E-state index is 13.5. The molecule has 0 radical (unpaired) electrons. The van der Waals surface area contributed by atoms with Crippen molar-refractivity contribution < 1.29 is 9.59 Å². The molecule has 1 aliphatic heterocycles. The number of hydrogen-bond acceptors (Lipinski definition) is 4. The van der Waals surface area contributed by atoms with E-state index in [-0.39, 0.29) is 29.8 Å². The summed E-state index contributed by atoms with van der Waals surface area (Å²) >= 11 is 5.92. The summed E-state index contributed by atoms with van der Waals surface area (Å²) in [5, 5.41) is 4.37. The molecule has 0 aromatic carbocycles. The van der Waals surface area contributed by atoms with E-state index in [0.717, 1.165) is 48.7 Å². The molecule has 3 aromatic heterocycles. The summed E-state index contributed by atoms with van der Waals surface area (Å²) in [5.41, 5.74) is 3.51. The summed E-state index contributed by atoms with van der Waals surface area (Å²) in [5.74, 6) is 0.675. The van der Waals surface area contributed by atoms with Crippen molar-refractivity contribution in [2.45, 2.75) is 58.0 Å². The number of anilines is 1. The van der Waals surface area contributed by atoms with Gasteiger partial charge in [-0.15, -0.1) is 0 Å². The summed E-state index contributed by atoms with van der Waals surface area (Å²) in [6.07, 6.45) is 9.84. The average molecular weight is 478 g/mol. The van der Waals surface area contributed by atoms with E-state index in [0.29, 0.717) is 16.5 Å². The van der Waals surface area contributed by atoms with Gasteiger partial charge in [-0.3, -0.25) is 9.59 Å². The van der Waals surface area contributed by atoms with Gasteiger partial charge in [0.2, 0.25) is 5.91 Å². The van der Waals surface area contributed by atoms with E-state index >= 15 is 0 Å². The van der Waals surface area contributed by atoms with Crippen molar-refractivity contribution in [3.63, 3.8) is 0 Å². The molecule has 2 amide bonds. The molecule has 2 N–H and O–H groups in total. The molecule has 5 rings (SSSR count). The van der Waals surface area contributed by atoms with E-state index < -0.39 is 0 Å². The van der Waals surface area contributed by atoms with Gasteiger partial charge in [-0.25, -0.2) is 9.97 Å². The zero-order chi connectivity index (χ0) is 23.8. The lowest BCUT2D eigenvalue weighted by Gasteiger charge is -2.41. The van der Waals surface area contributed by atoms with Crippen molar-refractivity contribution in [3.8, 4) is 0 Å². The Balaban J connectivity index is 1.51. The molecule has 0 saturated heterocycles. The Hall–Kier alpha value is -3.19. The third-order valence-electron chi connectivity index (χ3n) is 6.77. The number of hydrogen-bond donors (Lipinski definition) is 2. The van der Waals surface area contributed by atoms with Crippen molar-refractivity contribution in [1.82, 2.24) is 19.9 Å². The Morgan fingerprint density at radius 3 is 2.71 bits per heavy atom. The molecule has 0 bridgehead atoms. The fraction of sp³-hybridized carbons (Fsp3) is 0.385. The Labute approximate surface area is 203 Å². The number of rotatable bonds is 6. The van der Waals surface area contributed by atoms with Crippen LogP contribution < -0.4 is 5.32 Å². The van der Waals surface area contributed by atoms with Gasteiger partial charge in [-0.05, 0) is 67.5 Å². The third-order valence-corrected chi connectivity index (χ3v) is 7.00. The second kappa shape index (κ2) is 9.22. The van der Waals surface area contributed by atoms with Crippen molar-refractivity contribution in [1.29, 1.82) is 0 Å². The number of H-pyrrole nitrogens is 1. The first kappa shape index (κ1) is 22.6. The number of aromatic amines is 1. The fourth-order valence-electron chi connectivity index (χ4n) is 4.77. The first-order valence-electron chi connectivity index (χ1n) is 11.9. The predicted molar refractivity (Wildman–Crippen MR) is 134 cm³/mol. The highest BCUT2D eigenvalue weighted by atomic mass is 35.5. The van der Waals surface area contributed by atoms with Gasteiger partial charge in [-0.2, -0.15) is 0 Å². The largest absolute Gasteiger partial charge is 0.346 e. The molecule has 34 heavy (non-hydrogen) atoms. The highest BCUT2D eigenvalue weighted by molar-refractivity contribution is 6.29. The SMILES string of the molecule is CCC1C=C(c2cc(NC(=O)C3CC3)nc3[nH]ccc23)CC(CC)N1C(=O)c1ccc(Cl)nc1. The number of carbonyl (C=O) groups is 2. The van der Waals surface area contributed by atoms with Gasteiger partial charge in [0.1, 0.15) is 16.6 Å². The highest BCUT2D eigenvalue weighted by Gasteiger charge is 2.34. The number of carbonyl (C=O) groups excluding carboxylic acids is 2. The fourth-order valence-corrected chi connectivity index (χ4v) is 4.88. The summed E-state index contributed by atoms with van der Waals surface area (Å²) in [6.45, 7) is 4.21. The molecule has 2 atom stereocenters. The van der Waals surface area contributed by atoms with Crippen molar-refractivity contribution >= 4 is 45.8 Å². The molecular weight excluding hydrogens is 450 g/mol. The Bertz CT molecular complexity index is 1260. The number of amides is 2. The van der Waals surface area contributed by atoms with Gasteiger partial charge in [0.25, 0.3) is 5.91 Å². The van der Waals surface area contributed by atoms with Crippen LogP contribution in [0.4, 0.5) is 5.82 Å². The lowest BCUT2D eigenvalue weighted by Crippen LogP contribution is -2.48. The number of pyridine rings is 2.